The highest BCUT2D eigenvalue weighted by Gasteiger charge is 2.18. The summed E-state index contributed by atoms with van der Waals surface area (Å²) in [4.78, 5) is 34.4. The summed E-state index contributed by atoms with van der Waals surface area (Å²) in [6, 6.07) is 0. The van der Waals surface area contributed by atoms with E-state index >= 15 is 0 Å². The first kappa shape index (κ1) is 12.1. The van der Waals surface area contributed by atoms with Crippen molar-refractivity contribution in [1.29, 1.82) is 0 Å². The summed E-state index contributed by atoms with van der Waals surface area (Å²) < 4.78 is 2.83. The lowest BCUT2D eigenvalue weighted by atomic mass is 10.5. The van der Waals surface area contributed by atoms with E-state index in [-0.39, 0.29) is 28.9 Å². The van der Waals surface area contributed by atoms with Crippen molar-refractivity contribution in [3.63, 3.8) is 0 Å². The van der Waals surface area contributed by atoms with Crippen LogP contribution in [-0.4, -0.2) is 39.3 Å². The van der Waals surface area contributed by atoms with E-state index in [9.17, 15) is 4.79 Å². The fraction of sp³-hybridized carbons (Fsp3) is 0. The summed E-state index contributed by atoms with van der Waals surface area (Å²) in [6.45, 7) is 0. The predicted octanol–water partition coefficient (Wildman–Crippen LogP) is -1.68. The topological polar surface area (TPSA) is 185 Å². The van der Waals surface area contributed by atoms with E-state index in [1.165, 1.54) is 22.0 Å². The van der Waals surface area contributed by atoms with Crippen molar-refractivity contribution >= 4 is 40.0 Å². The minimum Gasteiger partial charge on any atom is -0.382 e. The van der Waals surface area contributed by atoms with Gasteiger partial charge < -0.3 is 17.2 Å². The number of nitrogens with two attached hydrogens (primary N) is 3. The number of fused-ring (bicyclic) bond motifs is 2. The minimum absolute atomic E-state index is 0.0232. The maximum absolute atomic E-state index is 11.9. The first-order chi connectivity index (χ1) is 10.6. The van der Waals surface area contributed by atoms with E-state index in [0.29, 0.717) is 11.2 Å². The number of nitrogens with zero attached hydrogens (tertiary/aromatic N) is 7. The number of hydrogen-bond donors (Lipinski definition) is 4. The molecule has 0 saturated carbocycles. The van der Waals surface area contributed by atoms with Gasteiger partial charge in [0.15, 0.2) is 28.1 Å². The highest BCUT2D eigenvalue weighted by Crippen LogP contribution is 2.19. The maximum atomic E-state index is 11.9. The van der Waals surface area contributed by atoms with Crippen LogP contribution in [0.4, 0.5) is 17.7 Å². The van der Waals surface area contributed by atoms with E-state index in [1.54, 1.807) is 0 Å². The molecule has 4 aromatic heterocycles. The summed E-state index contributed by atoms with van der Waals surface area (Å²) in [7, 11) is 0. The Labute approximate surface area is 120 Å². The second-order valence-electron chi connectivity index (χ2n) is 4.43. The van der Waals surface area contributed by atoms with Gasteiger partial charge in [0, 0.05) is 0 Å². The standard InChI is InChI=1S/C10H9N11O/c11-5-3-6(15-1-14-5)20(2-16-3)21-7-4(17-10(21)13)8(22)19-9(12)18-7/h1-2H,(H2,13,17)(H2,11,14,15)(H3,12,18,19,22). The van der Waals surface area contributed by atoms with Gasteiger partial charge in [0.05, 0.1) is 0 Å². The molecule has 22 heavy (non-hydrogen) atoms. The van der Waals surface area contributed by atoms with Crippen LogP contribution in [0, 0.1) is 0 Å². The summed E-state index contributed by atoms with van der Waals surface area (Å²) in [5, 5.41) is 0. The van der Waals surface area contributed by atoms with E-state index in [0.717, 1.165) is 0 Å². The second-order valence-corrected chi connectivity index (χ2v) is 4.43. The third-order valence-electron chi connectivity index (χ3n) is 3.10. The molecular formula is C10H9N11O. The van der Waals surface area contributed by atoms with Crippen molar-refractivity contribution in [2.24, 2.45) is 0 Å². The van der Waals surface area contributed by atoms with Crippen LogP contribution in [0.1, 0.15) is 0 Å². The molecule has 0 radical (unpaired) electrons. The van der Waals surface area contributed by atoms with Crippen LogP contribution in [0.15, 0.2) is 17.4 Å². The number of rotatable bonds is 1. The van der Waals surface area contributed by atoms with Crippen molar-refractivity contribution in [1.82, 2.24) is 39.3 Å². The molecule has 110 valence electrons. The Morgan fingerprint density at radius 2 is 1.82 bits per heavy atom. The van der Waals surface area contributed by atoms with Crippen LogP contribution < -0.4 is 22.8 Å². The summed E-state index contributed by atoms with van der Waals surface area (Å²) >= 11 is 0. The number of H-pyrrole nitrogens is 1. The van der Waals surface area contributed by atoms with Crippen LogP contribution in [0.5, 0.6) is 0 Å². The Kier molecular flexibility index (Phi) is 2.14. The second kappa shape index (κ2) is 3.91. The van der Waals surface area contributed by atoms with Crippen molar-refractivity contribution in [2.75, 3.05) is 17.2 Å². The molecule has 0 aromatic carbocycles. The van der Waals surface area contributed by atoms with Gasteiger partial charge in [0.2, 0.25) is 11.9 Å². The Bertz CT molecular complexity index is 1090. The minimum atomic E-state index is -0.494. The summed E-state index contributed by atoms with van der Waals surface area (Å²) in [6.07, 6.45) is 2.71. The van der Waals surface area contributed by atoms with Crippen molar-refractivity contribution in [2.45, 2.75) is 0 Å². The monoisotopic (exact) mass is 299 g/mol. The van der Waals surface area contributed by atoms with Gasteiger partial charge >= 0.3 is 0 Å². The van der Waals surface area contributed by atoms with E-state index in [2.05, 4.69) is 29.9 Å². The number of aromatic amines is 1. The lowest BCUT2D eigenvalue weighted by Gasteiger charge is -2.07. The average molecular weight is 299 g/mol. The zero-order valence-electron chi connectivity index (χ0n) is 10.9. The molecule has 0 atom stereocenters. The lowest BCUT2D eigenvalue weighted by Crippen LogP contribution is -2.15. The molecule has 0 bridgehead atoms. The first-order valence-corrected chi connectivity index (χ1v) is 6.04. The quantitative estimate of drug-likeness (QED) is 0.318. The molecule has 12 heteroatoms. The zero-order valence-corrected chi connectivity index (χ0v) is 10.9. The summed E-state index contributed by atoms with van der Waals surface area (Å²) in [5.74, 6) is 0.185. The fourth-order valence-electron chi connectivity index (χ4n) is 2.19. The van der Waals surface area contributed by atoms with Crippen molar-refractivity contribution in [3.05, 3.63) is 23.0 Å². The predicted molar refractivity (Wildman–Crippen MR) is 77.5 cm³/mol. The van der Waals surface area contributed by atoms with Gasteiger partial charge in [-0.3, -0.25) is 9.78 Å². The van der Waals surface area contributed by atoms with E-state index < -0.39 is 5.56 Å². The van der Waals surface area contributed by atoms with Crippen LogP contribution in [0.3, 0.4) is 0 Å². The number of imidazole rings is 2. The molecule has 4 rings (SSSR count). The number of anilines is 3. The molecule has 0 amide bonds. The van der Waals surface area contributed by atoms with Crippen LogP contribution >= 0.6 is 0 Å². The van der Waals surface area contributed by atoms with Crippen molar-refractivity contribution in [3.8, 4) is 0 Å². The van der Waals surface area contributed by atoms with Gasteiger partial charge in [-0.25, -0.2) is 24.6 Å². The molecule has 4 aromatic rings. The normalized spacial score (nSPS) is 11.5. The van der Waals surface area contributed by atoms with Gasteiger partial charge in [-0.1, -0.05) is 0 Å². The number of nitrogen functional groups attached to an aromatic ring is 3. The summed E-state index contributed by atoms with van der Waals surface area (Å²) in [5.41, 5.74) is 17.7. The van der Waals surface area contributed by atoms with Crippen LogP contribution in [0.2, 0.25) is 0 Å². The van der Waals surface area contributed by atoms with Crippen LogP contribution in [-0.2, 0) is 0 Å². The molecule has 7 N–H and O–H groups in total. The molecular weight excluding hydrogens is 290 g/mol. The maximum Gasteiger partial charge on any atom is 0.280 e. The third-order valence-corrected chi connectivity index (χ3v) is 3.10. The van der Waals surface area contributed by atoms with E-state index in [4.69, 9.17) is 17.2 Å². The van der Waals surface area contributed by atoms with E-state index in [1.807, 2.05) is 0 Å². The van der Waals surface area contributed by atoms with Gasteiger partial charge in [0.25, 0.3) is 5.56 Å². The number of hydrogen-bond acceptors (Lipinski definition) is 9. The van der Waals surface area contributed by atoms with Gasteiger partial charge in [-0.2, -0.15) is 9.66 Å². The molecule has 0 unspecified atom stereocenters. The van der Waals surface area contributed by atoms with Gasteiger partial charge in [0.1, 0.15) is 12.7 Å². The molecule has 12 nitrogen and oxygen atoms in total. The number of nitrogens with one attached hydrogen (secondary N) is 1. The van der Waals surface area contributed by atoms with Crippen molar-refractivity contribution < 1.29 is 0 Å². The smallest absolute Gasteiger partial charge is 0.280 e. The SMILES string of the molecule is Nc1nc2c(nc(N)n2-n2cnc3c(N)ncnc32)c(=O)[nH]1. The Balaban J connectivity index is 2.15. The van der Waals surface area contributed by atoms with Crippen LogP contribution in [0.25, 0.3) is 22.3 Å². The fourth-order valence-corrected chi connectivity index (χ4v) is 2.19. The third kappa shape index (κ3) is 1.45. The Hall–Kier alpha value is -3.70. The molecule has 0 aliphatic heterocycles. The average Bonchev–Trinajstić information content (AvgIpc) is 3.01. The molecule has 0 aliphatic carbocycles. The molecule has 0 saturated heterocycles. The van der Waals surface area contributed by atoms with Gasteiger partial charge in [-0.05, 0) is 0 Å². The number of aromatic nitrogens is 8. The first-order valence-electron chi connectivity index (χ1n) is 6.04. The molecule has 4 heterocycles. The Morgan fingerprint density at radius 1 is 1.00 bits per heavy atom. The molecule has 0 spiro atoms. The molecule has 0 fully saturated rings. The zero-order chi connectivity index (χ0) is 15.4. The van der Waals surface area contributed by atoms with Gasteiger partial charge in [-0.15, -0.1) is 0 Å². The highest BCUT2D eigenvalue weighted by atomic mass is 16.1. The highest BCUT2D eigenvalue weighted by molar-refractivity contribution is 5.82. The largest absolute Gasteiger partial charge is 0.382 e. The lowest BCUT2D eigenvalue weighted by molar-refractivity contribution is 0.699. The molecule has 0 aliphatic rings. The Morgan fingerprint density at radius 3 is 2.64 bits per heavy atom.